The molecule has 0 amide bonds. The van der Waals surface area contributed by atoms with Gasteiger partial charge in [-0.2, -0.15) is 0 Å². The maximum Gasteiger partial charge on any atom is 0.195 e. The van der Waals surface area contributed by atoms with E-state index in [9.17, 15) is 0 Å². The largest absolute Gasteiger partial charge is 0.497 e. The standard InChI is InChI=1S/C33H35N3OS2/c1-32(2,3)22-10-16-25(17-11-22)38-30-27-20-28(21-8-14-24(37-7)15-9-21)34-29(27)35-31(36-30)39-26-18-12-23(13-19-26)33(4,5)6/h8-20H,1-7H3,(H,34,35,36). The highest BCUT2D eigenvalue weighted by atomic mass is 32.2. The molecule has 0 unspecified atom stereocenters. The maximum atomic E-state index is 5.34. The van der Waals surface area contributed by atoms with E-state index in [2.05, 4.69) is 113 Å². The van der Waals surface area contributed by atoms with Crippen molar-refractivity contribution < 1.29 is 4.74 Å². The smallest absolute Gasteiger partial charge is 0.195 e. The predicted octanol–water partition coefficient (Wildman–Crippen LogP) is 9.53. The maximum absolute atomic E-state index is 5.34. The van der Waals surface area contributed by atoms with Crippen molar-refractivity contribution in [1.29, 1.82) is 0 Å². The van der Waals surface area contributed by atoms with E-state index in [-0.39, 0.29) is 10.8 Å². The molecule has 200 valence electrons. The summed E-state index contributed by atoms with van der Waals surface area (Å²) in [4.78, 5) is 15.8. The number of H-pyrrole nitrogens is 1. The molecule has 0 aliphatic carbocycles. The molecular weight excluding hydrogens is 519 g/mol. The summed E-state index contributed by atoms with van der Waals surface area (Å²) in [6, 6.07) is 27.7. The molecule has 2 aromatic heterocycles. The number of methoxy groups -OCH3 is 1. The minimum absolute atomic E-state index is 0.117. The fraction of sp³-hybridized carbons (Fsp3) is 0.273. The van der Waals surface area contributed by atoms with Gasteiger partial charge in [-0.25, -0.2) is 9.97 Å². The fourth-order valence-corrected chi connectivity index (χ4v) is 5.98. The van der Waals surface area contributed by atoms with Crippen LogP contribution < -0.4 is 4.74 Å². The fourth-order valence-electron chi connectivity index (χ4n) is 4.28. The molecule has 2 heterocycles. The topological polar surface area (TPSA) is 50.8 Å². The van der Waals surface area contributed by atoms with Gasteiger partial charge in [0.25, 0.3) is 0 Å². The first-order valence-electron chi connectivity index (χ1n) is 13.1. The van der Waals surface area contributed by atoms with Crippen molar-refractivity contribution in [2.24, 2.45) is 0 Å². The number of benzene rings is 3. The van der Waals surface area contributed by atoms with Crippen molar-refractivity contribution in [3.63, 3.8) is 0 Å². The molecule has 5 rings (SSSR count). The lowest BCUT2D eigenvalue weighted by Crippen LogP contribution is -2.10. The van der Waals surface area contributed by atoms with Crippen LogP contribution in [-0.2, 0) is 10.8 Å². The van der Waals surface area contributed by atoms with E-state index in [0.29, 0.717) is 0 Å². The van der Waals surface area contributed by atoms with Crippen LogP contribution in [0.3, 0.4) is 0 Å². The molecule has 4 nitrogen and oxygen atoms in total. The zero-order valence-electron chi connectivity index (χ0n) is 23.6. The summed E-state index contributed by atoms with van der Waals surface area (Å²) in [6.45, 7) is 13.4. The lowest BCUT2D eigenvalue weighted by molar-refractivity contribution is 0.415. The van der Waals surface area contributed by atoms with Gasteiger partial charge in [-0.15, -0.1) is 0 Å². The summed E-state index contributed by atoms with van der Waals surface area (Å²) >= 11 is 3.27. The highest BCUT2D eigenvalue weighted by Crippen LogP contribution is 2.38. The highest BCUT2D eigenvalue weighted by molar-refractivity contribution is 8.00. The third-order valence-corrected chi connectivity index (χ3v) is 8.58. The molecule has 0 aliphatic rings. The van der Waals surface area contributed by atoms with Crippen molar-refractivity contribution in [2.75, 3.05) is 7.11 Å². The van der Waals surface area contributed by atoms with Crippen molar-refractivity contribution >= 4 is 34.6 Å². The van der Waals surface area contributed by atoms with Crippen LogP contribution in [0.4, 0.5) is 0 Å². The van der Waals surface area contributed by atoms with Crippen LogP contribution in [0, 0.1) is 0 Å². The molecule has 6 heteroatoms. The molecule has 0 saturated carbocycles. The summed E-state index contributed by atoms with van der Waals surface area (Å²) in [5.74, 6) is 0.834. The zero-order chi connectivity index (χ0) is 27.8. The second-order valence-corrected chi connectivity index (χ2v) is 13.8. The summed E-state index contributed by atoms with van der Waals surface area (Å²) in [5, 5.41) is 2.68. The monoisotopic (exact) mass is 553 g/mol. The molecule has 39 heavy (non-hydrogen) atoms. The van der Waals surface area contributed by atoms with E-state index in [1.165, 1.54) is 11.1 Å². The molecule has 1 N–H and O–H groups in total. The van der Waals surface area contributed by atoms with Crippen LogP contribution in [0.25, 0.3) is 22.3 Å². The number of hydrogen-bond donors (Lipinski definition) is 1. The molecule has 0 radical (unpaired) electrons. The minimum atomic E-state index is 0.117. The Kier molecular flexibility index (Phi) is 7.53. The van der Waals surface area contributed by atoms with Gasteiger partial charge >= 0.3 is 0 Å². The number of aromatic amines is 1. The zero-order valence-corrected chi connectivity index (χ0v) is 25.3. The number of ether oxygens (including phenoxy) is 1. The molecule has 5 aromatic rings. The summed E-state index contributed by atoms with van der Waals surface area (Å²) in [6.07, 6.45) is 0. The van der Waals surface area contributed by atoms with Gasteiger partial charge in [0.05, 0.1) is 12.5 Å². The lowest BCUT2D eigenvalue weighted by atomic mass is 9.87. The van der Waals surface area contributed by atoms with E-state index >= 15 is 0 Å². The summed E-state index contributed by atoms with van der Waals surface area (Å²) in [7, 11) is 1.68. The number of fused-ring (bicyclic) bond motifs is 1. The van der Waals surface area contributed by atoms with Crippen molar-refractivity contribution in [1.82, 2.24) is 15.0 Å². The number of aromatic nitrogens is 3. The van der Waals surface area contributed by atoms with Gasteiger partial charge in [0, 0.05) is 15.5 Å². The average Bonchev–Trinajstić information content (AvgIpc) is 3.33. The molecule has 0 atom stereocenters. The van der Waals surface area contributed by atoms with Crippen LogP contribution in [-0.4, -0.2) is 22.1 Å². The predicted molar refractivity (Wildman–Crippen MR) is 164 cm³/mol. The number of nitrogens with one attached hydrogen (secondary N) is 1. The molecule has 0 bridgehead atoms. The molecular formula is C33H35N3OS2. The van der Waals surface area contributed by atoms with Gasteiger partial charge in [-0.3, -0.25) is 0 Å². The van der Waals surface area contributed by atoms with E-state index in [1.807, 2.05) is 12.1 Å². The molecule has 0 spiro atoms. The van der Waals surface area contributed by atoms with Gasteiger partial charge in [0.2, 0.25) is 0 Å². The molecule has 0 aliphatic heterocycles. The Morgan fingerprint density at radius 3 is 1.72 bits per heavy atom. The summed E-state index contributed by atoms with van der Waals surface area (Å²) in [5.41, 5.74) is 5.77. The number of hydrogen-bond acceptors (Lipinski definition) is 5. The second-order valence-electron chi connectivity index (χ2n) is 11.7. The Morgan fingerprint density at radius 1 is 0.667 bits per heavy atom. The minimum Gasteiger partial charge on any atom is -0.497 e. The Hall–Kier alpha value is -3.22. The van der Waals surface area contributed by atoms with Crippen LogP contribution in [0.2, 0.25) is 0 Å². The normalized spacial score (nSPS) is 12.2. The third-order valence-electron chi connectivity index (χ3n) is 6.70. The Bertz CT molecular complexity index is 1570. The molecule has 3 aromatic carbocycles. The van der Waals surface area contributed by atoms with E-state index in [4.69, 9.17) is 14.7 Å². The van der Waals surface area contributed by atoms with Gasteiger partial charge in [0.1, 0.15) is 16.4 Å². The lowest BCUT2D eigenvalue weighted by Gasteiger charge is -2.19. The van der Waals surface area contributed by atoms with E-state index in [1.54, 1.807) is 30.6 Å². The quantitative estimate of drug-likeness (QED) is 0.168. The first-order valence-corrected chi connectivity index (χ1v) is 14.7. The highest BCUT2D eigenvalue weighted by Gasteiger charge is 2.17. The number of rotatable bonds is 6. The van der Waals surface area contributed by atoms with Crippen molar-refractivity contribution in [2.45, 2.75) is 72.3 Å². The first-order chi connectivity index (χ1) is 18.5. The van der Waals surface area contributed by atoms with Crippen molar-refractivity contribution in [3.8, 4) is 17.0 Å². The van der Waals surface area contributed by atoms with Crippen LogP contribution in [0.15, 0.2) is 98.8 Å². The third kappa shape index (κ3) is 6.34. The van der Waals surface area contributed by atoms with Gasteiger partial charge < -0.3 is 9.72 Å². The van der Waals surface area contributed by atoms with E-state index in [0.717, 1.165) is 48.0 Å². The average molecular weight is 554 g/mol. The van der Waals surface area contributed by atoms with E-state index < -0.39 is 0 Å². The van der Waals surface area contributed by atoms with Gasteiger partial charge in [-0.1, -0.05) is 77.6 Å². The number of nitrogens with zero attached hydrogens (tertiary/aromatic N) is 2. The summed E-state index contributed by atoms with van der Waals surface area (Å²) < 4.78 is 5.34. The van der Waals surface area contributed by atoms with Gasteiger partial charge in [0.15, 0.2) is 5.16 Å². The van der Waals surface area contributed by atoms with Crippen LogP contribution >= 0.6 is 23.5 Å². The Labute approximate surface area is 240 Å². The van der Waals surface area contributed by atoms with Crippen LogP contribution in [0.1, 0.15) is 52.7 Å². The second kappa shape index (κ2) is 10.7. The molecule has 0 saturated heterocycles. The van der Waals surface area contributed by atoms with Crippen LogP contribution in [0.5, 0.6) is 5.75 Å². The SMILES string of the molecule is COc1ccc(-c2cc3c(Sc4ccc(C(C)(C)C)cc4)nc(Sc4ccc(C(C)(C)C)cc4)nc3[nH]2)cc1. The Morgan fingerprint density at radius 2 is 1.21 bits per heavy atom. The molecule has 0 fully saturated rings. The Balaban J connectivity index is 1.53. The van der Waals surface area contributed by atoms with Gasteiger partial charge in [-0.05, 0) is 93.9 Å². The first kappa shape index (κ1) is 27.4. The van der Waals surface area contributed by atoms with Crippen molar-refractivity contribution in [3.05, 3.63) is 90.0 Å².